The van der Waals surface area contributed by atoms with Gasteiger partial charge in [0.05, 0.1) is 11.1 Å². The first-order valence-corrected chi connectivity index (χ1v) is 10.0. The van der Waals surface area contributed by atoms with Gasteiger partial charge in [-0.05, 0) is 44.2 Å². The highest BCUT2D eigenvalue weighted by Gasteiger charge is 2.19. The Hall–Kier alpha value is -2.37. The van der Waals surface area contributed by atoms with Crippen LogP contribution in [0.15, 0.2) is 42.5 Å². The van der Waals surface area contributed by atoms with E-state index < -0.39 is 0 Å². The van der Waals surface area contributed by atoms with Gasteiger partial charge in [0.15, 0.2) is 5.82 Å². The van der Waals surface area contributed by atoms with Gasteiger partial charge in [-0.3, -0.25) is 0 Å². The van der Waals surface area contributed by atoms with E-state index >= 15 is 0 Å². The number of para-hydroxylation sites is 1. The van der Waals surface area contributed by atoms with E-state index in [1.54, 1.807) is 12.1 Å². The first-order valence-electron chi connectivity index (χ1n) is 9.62. The molecular formula is C22H27ClN4O. The van der Waals surface area contributed by atoms with E-state index in [-0.39, 0.29) is 11.8 Å². The van der Waals surface area contributed by atoms with Gasteiger partial charge in [0, 0.05) is 35.6 Å². The lowest BCUT2D eigenvalue weighted by molar-refractivity contribution is 0.477. The van der Waals surface area contributed by atoms with Crippen molar-refractivity contribution in [1.29, 1.82) is 0 Å². The highest BCUT2D eigenvalue weighted by atomic mass is 35.5. The Balaban J connectivity index is 2.14. The second-order valence-electron chi connectivity index (χ2n) is 7.45. The number of fused-ring (bicyclic) bond motifs is 1. The molecule has 0 aliphatic carbocycles. The minimum absolute atomic E-state index is 0.160. The van der Waals surface area contributed by atoms with E-state index in [0.717, 1.165) is 29.8 Å². The molecule has 1 heterocycles. The summed E-state index contributed by atoms with van der Waals surface area (Å²) in [4.78, 5) is 11.8. The molecule has 28 heavy (non-hydrogen) atoms. The number of nitrogens with zero attached hydrogens (tertiary/aromatic N) is 3. The Morgan fingerprint density at radius 3 is 2.50 bits per heavy atom. The third-order valence-electron chi connectivity index (χ3n) is 4.58. The lowest BCUT2D eigenvalue weighted by Crippen LogP contribution is -2.39. The molecule has 3 rings (SSSR count). The number of aromatic nitrogens is 2. The summed E-state index contributed by atoms with van der Waals surface area (Å²) in [6.45, 7) is 10.2. The van der Waals surface area contributed by atoms with Gasteiger partial charge < -0.3 is 15.3 Å². The van der Waals surface area contributed by atoms with Crippen LogP contribution in [0.3, 0.4) is 0 Å². The molecule has 0 bridgehead atoms. The van der Waals surface area contributed by atoms with E-state index in [0.29, 0.717) is 22.5 Å². The molecule has 2 aromatic carbocycles. The van der Waals surface area contributed by atoms with E-state index in [1.165, 1.54) is 0 Å². The van der Waals surface area contributed by atoms with Gasteiger partial charge in [0.25, 0.3) is 0 Å². The van der Waals surface area contributed by atoms with E-state index in [4.69, 9.17) is 16.6 Å². The van der Waals surface area contributed by atoms with Gasteiger partial charge in [-0.25, -0.2) is 9.97 Å². The van der Waals surface area contributed by atoms with Crippen LogP contribution in [-0.4, -0.2) is 40.2 Å². The molecule has 0 saturated carbocycles. The molecular weight excluding hydrogens is 372 g/mol. The van der Waals surface area contributed by atoms with Gasteiger partial charge in [-0.2, -0.15) is 0 Å². The smallest absolute Gasteiger partial charge is 0.165 e. The van der Waals surface area contributed by atoms with Crippen LogP contribution in [0.25, 0.3) is 22.3 Å². The highest BCUT2D eigenvalue weighted by Crippen LogP contribution is 2.33. The lowest BCUT2D eigenvalue weighted by Gasteiger charge is -2.30. The van der Waals surface area contributed by atoms with Crippen molar-refractivity contribution in [3.63, 3.8) is 0 Å². The third-order valence-corrected chi connectivity index (χ3v) is 4.82. The van der Waals surface area contributed by atoms with Crippen LogP contribution < -0.4 is 10.2 Å². The summed E-state index contributed by atoms with van der Waals surface area (Å²) in [5.41, 5.74) is 1.37. The molecule has 0 saturated heterocycles. The Bertz CT molecular complexity index is 958. The third kappa shape index (κ3) is 4.54. The van der Waals surface area contributed by atoms with Crippen LogP contribution in [0.5, 0.6) is 5.75 Å². The normalized spacial score (nSPS) is 11.5. The van der Waals surface area contributed by atoms with E-state index in [9.17, 15) is 5.11 Å². The average molecular weight is 399 g/mol. The summed E-state index contributed by atoms with van der Waals surface area (Å²) < 4.78 is 0. The van der Waals surface area contributed by atoms with Gasteiger partial charge >= 0.3 is 0 Å². The Labute approximate surface area is 171 Å². The Morgan fingerprint density at radius 2 is 1.82 bits per heavy atom. The number of phenolic OH excluding ortho intramolecular Hbond substituents is 1. The van der Waals surface area contributed by atoms with Crippen molar-refractivity contribution in [2.24, 2.45) is 0 Å². The summed E-state index contributed by atoms with van der Waals surface area (Å²) in [6.07, 6.45) is 0. The summed E-state index contributed by atoms with van der Waals surface area (Å²) in [5.74, 6) is 1.50. The molecule has 3 aromatic rings. The number of anilines is 1. The molecule has 5 nitrogen and oxygen atoms in total. The Morgan fingerprint density at radius 1 is 1.07 bits per heavy atom. The molecule has 6 heteroatoms. The topological polar surface area (TPSA) is 61.3 Å². The molecule has 0 aliphatic rings. The van der Waals surface area contributed by atoms with Crippen molar-refractivity contribution < 1.29 is 5.11 Å². The highest BCUT2D eigenvalue weighted by molar-refractivity contribution is 6.31. The van der Waals surface area contributed by atoms with Gasteiger partial charge in [-0.1, -0.05) is 37.6 Å². The van der Waals surface area contributed by atoms with Gasteiger partial charge in [0.2, 0.25) is 0 Å². The lowest BCUT2D eigenvalue weighted by atomic mass is 10.1. The van der Waals surface area contributed by atoms with Gasteiger partial charge in [-0.15, -0.1) is 0 Å². The molecule has 148 valence electrons. The van der Waals surface area contributed by atoms with Crippen LogP contribution in [-0.2, 0) is 0 Å². The maximum Gasteiger partial charge on any atom is 0.165 e. The van der Waals surface area contributed by atoms with Crippen molar-refractivity contribution in [3.05, 3.63) is 47.5 Å². The molecule has 0 amide bonds. The SMILES string of the molecule is CC(C)NCCN(c1nc(-c2ccccc2O)nc2cc(Cl)ccc12)C(C)C. The summed E-state index contributed by atoms with van der Waals surface area (Å²) >= 11 is 6.23. The molecule has 0 unspecified atom stereocenters. The number of aromatic hydroxyl groups is 1. The number of hydrogen-bond donors (Lipinski definition) is 2. The monoisotopic (exact) mass is 398 g/mol. The summed E-state index contributed by atoms with van der Waals surface area (Å²) in [7, 11) is 0. The fourth-order valence-corrected chi connectivity index (χ4v) is 3.34. The van der Waals surface area contributed by atoms with E-state index in [1.807, 2.05) is 30.3 Å². The van der Waals surface area contributed by atoms with Crippen LogP contribution in [0.4, 0.5) is 5.82 Å². The molecule has 0 spiro atoms. The number of nitrogens with one attached hydrogen (secondary N) is 1. The number of rotatable bonds is 7. The van der Waals surface area contributed by atoms with Crippen molar-refractivity contribution >= 4 is 28.3 Å². The predicted molar refractivity (Wildman–Crippen MR) is 117 cm³/mol. The maximum absolute atomic E-state index is 10.3. The fourth-order valence-electron chi connectivity index (χ4n) is 3.17. The molecule has 0 radical (unpaired) electrons. The molecule has 2 N–H and O–H groups in total. The van der Waals surface area contributed by atoms with Crippen LogP contribution >= 0.6 is 11.6 Å². The second-order valence-corrected chi connectivity index (χ2v) is 7.88. The van der Waals surface area contributed by atoms with Crippen molar-refractivity contribution in [1.82, 2.24) is 15.3 Å². The zero-order valence-corrected chi connectivity index (χ0v) is 17.5. The number of benzene rings is 2. The predicted octanol–water partition coefficient (Wildman–Crippen LogP) is 4.87. The number of halogens is 1. The largest absolute Gasteiger partial charge is 0.507 e. The second kappa shape index (κ2) is 8.76. The molecule has 0 atom stereocenters. The Kier molecular flexibility index (Phi) is 6.37. The quantitative estimate of drug-likeness (QED) is 0.594. The van der Waals surface area contributed by atoms with Crippen molar-refractivity contribution in [3.8, 4) is 17.1 Å². The van der Waals surface area contributed by atoms with Crippen molar-refractivity contribution in [2.45, 2.75) is 39.8 Å². The standard InChI is InChI=1S/C22H27ClN4O/c1-14(2)24-11-12-27(15(3)4)22-17-10-9-16(23)13-19(17)25-21(26-22)18-7-5-6-8-20(18)28/h5-10,13-15,24,28H,11-12H2,1-4H3. The van der Waals surface area contributed by atoms with Crippen molar-refractivity contribution in [2.75, 3.05) is 18.0 Å². The van der Waals surface area contributed by atoms with Crippen LogP contribution in [0.2, 0.25) is 5.02 Å². The first-order chi connectivity index (χ1) is 13.4. The summed E-state index contributed by atoms with van der Waals surface area (Å²) in [5, 5.41) is 15.3. The fraction of sp³-hybridized carbons (Fsp3) is 0.364. The maximum atomic E-state index is 10.3. The molecule has 1 aromatic heterocycles. The van der Waals surface area contributed by atoms with E-state index in [2.05, 4.69) is 42.9 Å². The number of phenols is 1. The molecule has 0 fully saturated rings. The zero-order valence-electron chi connectivity index (χ0n) is 16.8. The first kappa shape index (κ1) is 20.4. The van der Waals surface area contributed by atoms with Crippen LogP contribution in [0.1, 0.15) is 27.7 Å². The zero-order chi connectivity index (χ0) is 20.3. The molecule has 0 aliphatic heterocycles. The average Bonchev–Trinajstić information content (AvgIpc) is 2.64. The number of hydrogen-bond acceptors (Lipinski definition) is 5. The van der Waals surface area contributed by atoms with Gasteiger partial charge in [0.1, 0.15) is 11.6 Å². The minimum Gasteiger partial charge on any atom is -0.507 e. The minimum atomic E-state index is 0.160. The van der Waals surface area contributed by atoms with Crippen LogP contribution in [0, 0.1) is 0 Å². The summed E-state index contributed by atoms with van der Waals surface area (Å²) in [6, 6.07) is 13.5.